The van der Waals surface area contributed by atoms with Gasteiger partial charge in [0.05, 0.1) is 5.02 Å². The Morgan fingerprint density at radius 2 is 2.31 bits per heavy atom. The van der Waals surface area contributed by atoms with E-state index in [-0.39, 0.29) is 5.82 Å². The van der Waals surface area contributed by atoms with E-state index in [1.165, 1.54) is 12.1 Å². The minimum Gasteiger partial charge on any atom is -0.327 e. The third kappa shape index (κ3) is 2.83. The van der Waals surface area contributed by atoms with Crippen molar-refractivity contribution in [2.24, 2.45) is 5.73 Å². The minimum absolute atomic E-state index is 0.326. The van der Waals surface area contributed by atoms with Gasteiger partial charge in [0.25, 0.3) is 0 Å². The first kappa shape index (κ1) is 10.2. The Morgan fingerprint density at radius 1 is 1.62 bits per heavy atom. The molecule has 1 aromatic carbocycles. The summed E-state index contributed by atoms with van der Waals surface area (Å²) in [5, 5.41) is 0.410. The molecule has 0 heterocycles. The monoisotopic (exact) mass is 199 g/mol. The van der Waals surface area contributed by atoms with E-state index in [9.17, 15) is 4.39 Å². The zero-order chi connectivity index (χ0) is 9.84. The highest BCUT2D eigenvalue weighted by Gasteiger charge is 1.98. The van der Waals surface area contributed by atoms with Crippen LogP contribution in [0.4, 0.5) is 4.39 Å². The molecule has 0 bridgehead atoms. The summed E-state index contributed by atoms with van der Waals surface area (Å²) in [6.45, 7) is 2.38. The Hall–Kier alpha value is -0.860. The van der Waals surface area contributed by atoms with Crippen LogP contribution in [0.2, 0.25) is 5.02 Å². The van der Waals surface area contributed by atoms with Crippen molar-refractivity contribution >= 4 is 17.7 Å². The van der Waals surface area contributed by atoms with Gasteiger partial charge in [0.2, 0.25) is 0 Å². The van der Waals surface area contributed by atoms with Crippen LogP contribution in [0, 0.1) is 5.82 Å². The third-order valence-electron chi connectivity index (χ3n) is 1.69. The molecule has 0 aliphatic carbocycles. The summed E-state index contributed by atoms with van der Waals surface area (Å²) in [5.74, 6) is -0.326. The van der Waals surface area contributed by atoms with E-state index >= 15 is 0 Å². The van der Waals surface area contributed by atoms with E-state index in [4.69, 9.17) is 17.3 Å². The van der Waals surface area contributed by atoms with Crippen LogP contribution < -0.4 is 5.73 Å². The standard InChI is InChI=1S/C10H11ClFN/c1-7(6-13)4-8-2-3-9(12)5-10(8)11/h2-5H,6,13H2,1H3/b7-4-. The number of hydrogen-bond acceptors (Lipinski definition) is 1. The van der Waals surface area contributed by atoms with Crippen molar-refractivity contribution in [1.29, 1.82) is 0 Å². The van der Waals surface area contributed by atoms with Crippen LogP contribution in [-0.4, -0.2) is 6.54 Å². The van der Waals surface area contributed by atoms with E-state index < -0.39 is 0 Å². The SMILES string of the molecule is C/C(=C/c1ccc(F)cc1Cl)CN. The summed E-state index contributed by atoms with van der Waals surface area (Å²) in [4.78, 5) is 0. The third-order valence-corrected chi connectivity index (χ3v) is 2.01. The Balaban J connectivity index is 3.03. The van der Waals surface area contributed by atoms with Gasteiger partial charge in [-0.1, -0.05) is 29.3 Å². The molecule has 0 aromatic heterocycles. The second-order valence-corrected chi connectivity index (χ2v) is 3.27. The number of nitrogens with two attached hydrogens (primary N) is 1. The Kier molecular flexibility index (Phi) is 3.46. The summed E-state index contributed by atoms with van der Waals surface area (Å²) >= 11 is 5.81. The molecular weight excluding hydrogens is 189 g/mol. The Bertz CT molecular complexity index is 334. The van der Waals surface area contributed by atoms with Crippen molar-refractivity contribution in [3.63, 3.8) is 0 Å². The second-order valence-electron chi connectivity index (χ2n) is 2.86. The molecule has 0 spiro atoms. The van der Waals surface area contributed by atoms with Crippen LogP contribution in [0.3, 0.4) is 0 Å². The van der Waals surface area contributed by atoms with Gasteiger partial charge in [-0.25, -0.2) is 4.39 Å². The highest BCUT2D eigenvalue weighted by Crippen LogP contribution is 2.19. The van der Waals surface area contributed by atoms with E-state index in [0.717, 1.165) is 11.1 Å². The van der Waals surface area contributed by atoms with Gasteiger partial charge < -0.3 is 5.73 Å². The van der Waals surface area contributed by atoms with Gasteiger partial charge in [0.15, 0.2) is 0 Å². The lowest BCUT2D eigenvalue weighted by atomic mass is 10.1. The maximum Gasteiger partial charge on any atom is 0.124 e. The average molecular weight is 200 g/mol. The number of benzene rings is 1. The summed E-state index contributed by atoms with van der Waals surface area (Å²) in [6.07, 6.45) is 1.85. The van der Waals surface area contributed by atoms with E-state index in [2.05, 4.69) is 0 Å². The molecule has 0 saturated heterocycles. The van der Waals surface area contributed by atoms with Crippen molar-refractivity contribution < 1.29 is 4.39 Å². The highest BCUT2D eigenvalue weighted by molar-refractivity contribution is 6.32. The molecule has 3 heteroatoms. The van der Waals surface area contributed by atoms with E-state index in [0.29, 0.717) is 11.6 Å². The quantitative estimate of drug-likeness (QED) is 0.779. The molecule has 0 saturated carbocycles. The molecular formula is C10H11ClFN. The first-order valence-electron chi connectivity index (χ1n) is 3.96. The van der Waals surface area contributed by atoms with Gasteiger partial charge in [-0.2, -0.15) is 0 Å². The maximum absolute atomic E-state index is 12.6. The van der Waals surface area contributed by atoms with Crippen LogP contribution in [0.15, 0.2) is 23.8 Å². The average Bonchev–Trinajstić information content (AvgIpc) is 2.09. The normalized spacial score (nSPS) is 11.8. The molecule has 2 N–H and O–H groups in total. The van der Waals surface area contributed by atoms with Crippen molar-refractivity contribution in [3.05, 3.63) is 40.2 Å². The molecule has 1 aromatic rings. The molecule has 1 rings (SSSR count). The van der Waals surface area contributed by atoms with Gasteiger partial charge in [-0.05, 0) is 24.6 Å². The molecule has 0 amide bonds. The largest absolute Gasteiger partial charge is 0.327 e. The molecule has 0 aliphatic heterocycles. The molecule has 13 heavy (non-hydrogen) atoms. The zero-order valence-corrected chi connectivity index (χ0v) is 8.11. The molecule has 0 fully saturated rings. The second kappa shape index (κ2) is 4.40. The lowest BCUT2D eigenvalue weighted by Crippen LogP contribution is -1.99. The predicted molar refractivity (Wildman–Crippen MR) is 54.1 cm³/mol. The lowest BCUT2D eigenvalue weighted by molar-refractivity contribution is 0.628. The molecule has 0 aliphatic rings. The smallest absolute Gasteiger partial charge is 0.124 e. The summed E-state index contributed by atoms with van der Waals surface area (Å²) in [7, 11) is 0. The molecule has 70 valence electrons. The van der Waals surface area contributed by atoms with Crippen molar-refractivity contribution in [3.8, 4) is 0 Å². The first-order chi connectivity index (χ1) is 6.13. The molecule has 0 radical (unpaired) electrons. The minimum atomic E-state index is -0.326. The Morgan fingerprint density at radius 3 is 2.85 bits per heavy atom. The fourth-order valence-corrected chi connectivity index (χ4v) is 1.16. The van der Waals surface area contributed by atoms with Crippen LogP contribution in [0.25, 0.3) is 6.08 Å². The summed E-state index contributed by atoms with van der Waals surface area (Å²) in [5.41, 5.74) is 7.22. The van der Waals surface area contributed by atoms with E-state index in [1.807, 2.05) is 13.0 Å². The fourth-order valence-electron chi connectivity index (χ4n) is 0.943. The topological polar surface area (TPSA) is 26.0 Å². The number of hydrogen-bond donors (Lipinski definition) is 1. The maximum atomic E-state index is 12.6. The van der Waals surface area contributed by atoms with Gasteiger partial charge >= 0.3 is 0 Å². The molecule has 0 unspecified atom stereocenters. The van der Waals surface area contributed by atoms with Crippen LogP contribution in [0.1, 0.15) is 12.5 Å². The van der Waals surface area contributed by atoms with Crippen molar-refractivity contribution in [1.82, 2.24) is 0 Å². The Labute approximate surface area is 82.0 Å². The van der Waals surface area contributed by atoms with Crippen molar-refractivity contribution in [2.75, 3.05) is 6.54 Å². The number of halogens is 2. The van der Waals surface area contributed by atoms with E-state index in [1.54, 1.807) is 6.07 Å². The highest BCUT2D eigenvalue weighted by atomic mass is 35.5. The molecule has 1 nitrogen and oxygen atoms in total. The fraction of sp³-hybridized carbons (Fsp3) is 0.200. The van der Waals surface area contributed by atoms with Gasteiger partial charge in [-0.3, -0.25) is 0 Å². The predicted octanol–water partition coefficient (Wildman–Crippen LogP) is 2.84. The van der Waals surface area contributed by atoms with Crippen LogP contribution in [0.5, 0.6) is 0 Å². The molecule has 0 atom stereocenters. The van der Waals surface area contributed by atoms with Crippen LogP contribution >= 0.6 is 11.6 Å². The van der Waals surface area contributed by atoms with Gasteiger partial charge in [0, 0.05) is 6.54 Å². The van der Waals surface area contributed by atoms with Crippen LogP contribution in [-0.2, 0) is 0 Å². The zero-order valence-electron chi connectivity index (χ0n) is 7.35. The lowest BCUT2D eigenvalue weighted by Gasteiger charge is -2.00. The van der Waals surface area contributed by atoms with Gasteiger partial charge in [-0.15, -0.1) is 0 Å². The first-order valence-corrected chi connectivity index (χ1v) is 4.33. The van der Waals surface area contributed by atoms with Crippen molar-refractivity contribution in [2.45, 2.75) is 6.92 Å². The summed E-state index contributed by atoms with van der Waals surface area (Å²) < 4.78 is 12.6. The number of rotatable bonds is 2. The summed E-state index contributed by atoms with van der Waals surface area (Å²) in [6, 6.07) is 4.30. The van der Waals surface area contributed by atoms with Gasteiger partial charge in [0.1, 0.15) is 5.82 Å².